The summed E-state index contributed by atoms with van der Waals surface area (Å²) in [5.41, 5.74) is 27.7. The minimum atomic E-state index is -1.00. The van der Waals surface area contributed by atoms with Crippen molar-refractivity contribution < 1.29 is 206 Å². The second kappa shape index (κ2) is 51.3. The van der Waals surface area contributed by atoms with Gasteiger partial charge in [0.1, 0.15) is 30.1 Å². The standard InChI is InChI=1S/C21H21N5O3.C15H9IN4O.C8H6N2O2.C7H7IN2O.C7H8N2O.C6H13NO2.CH2O3.ClH.2Cs.Cu.I2.HI.H/c27-21-17-13-16(29-11-8-25-6-9-28-10-7-25)3-4-18(17)23-20(24-21)19-12-15-2-1-5-26(15)14-22-19;16-9-3-4-12-11(6-9)15(21)19-14(18-12)13-7-10-2-1-5-20(10)8-17-13;11-8(12)7-4-6-2-1-3-10(6)5-9-7;8-4-1-2-6(9)5(3-4)7(10)11;8-6-4-2-1-3-5(6)7(9)10;8-4-1-7-2-5-9-6-3-7;2-1-4-3;;;;;1-2;;/h1-5,12-14H,6-11H2,(H,23,24,27);1-8H,(H,18,19,21);1-5H,(H,11,12);1-3H,9H2,(H2,10,11);1-4H,8H2,(H2,9,10);8H,1-6H2;1,3H;1H;;;;;1H;/q;;;;;;;;3*+1;;;-1/p-2. The van der Waals surface area contributed by atoms with Gasteiger partial charge in [-0.3, -0.25) is 33.8 Å². The summed E-state index contributed by atoms with van der Waals surface area (Å²) in [5.74, 6) is -0.374. The number of nitrogens with zero attached hydrogens (tertiary/aromatic N) is 10. The molecule has 103 heavy (non-hydrogen) atoms. The van der Waals surface area contributed by atoms with Crippen molar-refractivity contribution in [1.29, 1.82) is 0 Å². The molecule has 2 fully saturated rings. The molecule has 0 bridgehead atoms. The number of anilines is 2. The molecule has 2 saturated heterocycles. The van der Waals surface area contributed by atoms with Gasteiger partial charge in [0.25, 0.3) is 29.4 Å². The van der Waals surface area contributed by atoms with Gasteiger partial charge in [0, 0.05) is 130 Å². The van der Waals surface area contributed by atoms with E-state index in [4.69, 9.17) is 57.4 Å². The number of hydrogen-bond donors (Lipinski definition) is 8. The number of carboxylic acid groups (broad SMARTS) is 1. The van der Waals surface area contributed by atoms with Gasteiger partial charge in [0.05, 0.1) is 78.6 Å². The molecule has 0 radical (unpaired) electrons. The van der Waals surface area contributed by atoms with Gasteiger partial charge in [-0.1, -0.05) is 12.1 Å². The number of carboxylic acids is 1. The van der Waals surface area contributed by atoms with Gasteiger partial charge >= 0.3 is 177 Å². The molecule has 38 heteroatoms. The molecule has 4 aromatic carbocycles. The van der Waals surface area contributed by atoms with Gasteiger partial charge in [-0.25, -0.2) is 29.7 Å². The minimum absolute atomic E-state index is 0. The Kier molecular flexibility index (Phi) is 46.8. The van der Waals surface area contributed by atoms with Crippen molar-refractivity contribution in [2.24, 2.45) is 11.5 Å². The molecule has 0 unspecified atom stereocenters. The number of β-amino-alcohol motifs (C(OH)–C–C–N with tert-alkyl or cyclic N) is 1. The van der Waals surface area contributed by atoms with Gasteiger partial charge < -0.3 is 82.1 Å². The normalized spacial score (nSPS) is 12.0. The van der Waals surface area contributed by atoms with Crippen LogP contribution in [0.1, 0.15) is 32.6 Å². The summed E-state index contributed by atoms with van der Waals surface area (Å²) < 4.78 is 23.8. The number of carbonyl (C=O) groups is 4. The fourth-order valence-corrected chi connectivity index (χ4v) is 10.3. The van der Waals surface area contributed by atoms with Gasteiger partial charge in [0.15, 0.2) is 17.3 Å². The maximum atomic E-state index is 12.7. The largest absolute Gasteiger partial charge is 1.00 e. The Morgan fingerprint density at radius 3 is 1.50 bits per heavy atom. The van der Waals surface area contributed by atoms with Crippen LogP contribution in [0.25, 0.3) is 61.4 Å². The zero-order valence-corrected chi connectivity index (χ0v) is 80.1. The van der Waals surface area contributed by atoms with E-state index in [2.05, 4.69) is 145 Å². The van der Waals surface area contributed by atoms with Crippen LogP contribution in [-0.2, 0) is 31.9 Å². The number of aromatic amines is 2. The van der Waals surface area contributed by atoms with Gasteiger partial charge in [-0.2, -0.15) is 0 Å². The van der Waals surface area contributed by atoms with E-state index in [0.29, 0.717) is 79.7 Å². The summed E-state index contributed by atoms with van der Waals surface area (Å²) in [7, 11) is 0. The monoisotopic (exact) mass is 2280 g/mol. The van der Waals surface area contributed by atoms with E-state index < -0.39 is 17.8 Å². The van der Waals surface area contributed by atoms with Crippen LogP contribution in [0.3, 0.4) is 0 Å². The van der Waals surface area contributed by atoms with Crippen LogP contribution in [0.2, 0.25) is 0 Å². The van der Waals surface area contributed by atoms with Crippen molar-refractivity contribution >= 4 is 189 Å². The number of fused-ring (bicyclic) bond motifs is 5. The van der Waals surface area contributed by atoms with Crippen molar-refractivity contribution in [3.63, 3.8) is 0 Å². The third-order valence-corrected chi connectivity index (χ3v) is 15.5. The average molecular weight is 2280 g/mol. The average Bonchev–Trinajstić information content (AvgIpc) is 1.15. The Bertz CT molecular complexity index is 4770. The molecule has 10 heterocycles. The molecule has 0 saturated carbocycles. The fraction of sp³-hybridized carbons (Fsp3) is 0.185. The number of benzene rings is 4. The van der Waals surface area contributed by atoms with Crippen LogP contribution in [0.5, 0.6) is 5.75 Å². The number of ether oxygens (including phenoxy) is 3. The number of rotatable bonds is 12. The smallest absolute Gasteiger partial charge is 1.00 e. The van der Waals surface area contributed by atoms with Gasteiger partial charge in [-0.15, -0.1) is 12.4 Å². The van der Waals surface area contributed by atoms with Crippen molar-refractivity contribution in [3.05, 3.63) is 216 Å². The Morgan fingerprint density at radius 2 is 1.05 bits per heavy atom. The quantitative estimate of drug-likeness (QED) is 0.0217. The number of para-hydroxylation sites is 1. The number of primary amides is 2. The Morgan fingerprint density at radius 1 is 0.612 bits per heavy atom. The third-order valence-electron chi connectivity index (χ3n) is 14.1. The molecule has 0 spiro atoms. The van der Waals surface area contributed by atoms with Crippen molar-refractivity contribution in [2.75, 3.05) is 90.4 Å². The first-order valence-electron chi connectivity index (χ1n) is 29.5. The number of nitrogens with one attached hydrogen (secondary N) is 2. The summed E-state index contributed by atoms with van der Waals surface area (Å²) in [6.45, 7) is 9.26. The first-order valence-corrected chi connectivity index (χ1v) is 41.0. The summed E-state index contributed by atoms with van der Waals surface area (Å²) in [6.07, 6.45) is 10.6. The zero-order chi connectivity index (χ0) is 72.5. The second-order valence-electron chi connectivity index (χ2n) is 20.5. The van der Waals surface area contributed by atoms with E-state index in [1.165, 1.54) is 12.4 Å². The van der Waals surface area contributed by atoms with Crippen LogP contribution in [0, 0.1) is 7.14 Å². The summed E-state index contributed by atoms with van der Waals surface area (Å²) in [4.78, 5) is 99.6. The van der Waals surface area contributed by atoms with E-state index in [-0.39, 0.29) is 182 Å². The van der Waals surface area contributed by atoms with Gasteiger partial charge in [0.2, 0.25) is 0 Å². The second-order valence-corrected chi connectivity index (χ2v) is 23.0. The molecule has 29 nitrogen and oxygen atoms in total. The molecular weight excluding hydrogens is 2210 g/mol. The molecule has 2 aliphatic heterocycles. The van der Waals surface area contributed by atoms with E-state index in [9.17, 15) is 24.0 Å². The van der Waals surface area contributed by atoms with Gasteiger partial charge in [-0.05, 0) is 167 Å². The number of halogens is 6. The Balaban J connectivity index is 0.000000434. The molecule has 12 aromatic rings. The fourth-order valence-electron chi connectivity index (χ4n) is 9.29. The number of H-pyrrole nitrogens is 2. The molecular formula is C65H67ClCs2CuI5N16O13. The van der Waals surface area contributed by atoms with Crippen molar-refractivity contribution in [1.82, 2.24) is 57.9 Å². The predicted molar refractivity (Wildman–Crippen MR) is 424 cm³/mol. The molecule has 14 rings (SSSR count). The van der Waals surface area contributed by atoms with Crippen molar-refractivity contribution in [3.8, 4) is 28.8 Å². The molecule has 2 amide bonds. The summed E-state index contributed by atoms with van der Waals surface area (Å²) in [5, 5.41) is 26.7. The molecule has 0 atom stereocenters. The maximum Gasteiger partial charge on any atom is -1.00 e. The number of hydrogen-bond acceptors (Lipinski definition) is 21. The van der Waals surface area contributed by atoms with Crippen molar-refractivity contribution in [2.45, 2.75) is 0 Å². The van der Waals surface area contributed by atoms with Crippen LogP contribution >= 0.6 is 115 Å². The Hall–Kier alpha value is -3.17. The minimum Gasteiger partial charge on any atom is -1.00 e. The predicted octanol–water partition coefficient (Wildman–Crippen LogP) is 2.11. The Labute approximate surface area is 785 Å². The molecule has 540 valence electrons. The number of nitrogen functional groups attached to an aromatic ring is 2. The van der Waals surface area contributed by atoms with Crippen LogP contribution in [0.4, 0.5) is 11.4 Å². The number of morpholine rings is 2. The number of amides is 2. The van der Waals surface area contributed by atoms with E-state index >= 15 is 0 Å². The van der Waals surface area contributed by atoms with E-state index in [0.717, 1.165) is 89.4 Å². The first-order chi connectivity index (χ1) is 48.4. The van der Waals surface area contributed by atoms with Crippen LogP contribution < -0.4 is 182 Å². The molecule has 2 aliphatic rings. The topological polar surface area (TPSA) is 423 Å². The molecule has 8 aromatic heterocycles. The SMILES string of the molecule is Cl.II.NC(=O)c1cc(I)ccc1N.NC(=O)c1ccccc1N.O=C(O)c1cc2cccn2cn1.O=CO[O-].O=c1[nH]c(-c2cc3cccn3cn2)nc2ccc(I)cc12.O=c1[nH]c(-c2cc3cccn3cn2)nc2ccc(OCCN3CCOCC3)cc12.OCCN1CCOCC1.[Cs+].[Cs+].[Cu][I].[H-]. The number of aliphatic hydroxyl groups excluding tert-OH is 1. The maximum absolute atomic E-state index is 12.7. The first kappa shape index (κ1) is 94.0. The van der Waals surface area contributed by atoms with E-state index in [1.54, 1.807) is 79.9 Å². The summed E-state index contributed by atoms with van der Waals surface area (Å²) in [6, 6.07) is 39.7. The number of aromatic carboxylic acids is 1. The molecule has 12 N–H and O–H groups in total. The van der Waals surface area contributed by atoms with Crippen LogP contribution in [-0.4, -0.2) is 171 Å². The third kappa shape index (κ3) is 30.7. The van der Waals surface area contributed by atoms with E-state index in [1.807, 2.05) is 112 Å². The summed E-state index contributed by atoms with van der Waals surface area (Å²) >= 11 is 14.4. The number of aliphatic hydroxyl groups is 1. The number of nitrogens with two attached hydrogens (primary N) is 4. The molecule has 0 aliphatic carbocycles. The number of carbonyl (C=O) groups excluding carboxylic acids is 3. The zero-order valence-electron chi connectivity index (χ0n) is 56.0. The number of aromatic nitrogens is 10. The van der Waals surface area contributed by atoms with Crippen LogP contribution in [0.15, 0.2) is 181 Å².